The summed E-state index contributed by atoms with van der Waals surface area (Å²) in [6.45, 7) is 8.63. The molecule has 168 valence electrons. The van der Waals surface area contributed by atoms with Crippen molar-refractivity contribution in [3.05, 3.63) is 35.9 Å². The first-order valence-electron chi connectivity index (χ1n) is 11.9. The molecule has 6 nitrogen and oxygen atoms in total. The fourth-order valence-corrected chi connectivity index (χ4v) is 6.41. The van der Waals surface area contributed by atoms with Crippen LogP contribution in [-0.4, -0.2) is 50.1 Å². The Bertz CT molecular complexity index is 800. The fourth-order valence-electron chi connectivity index (χ4n) is 6.41. The van der Waals surface area contributed by atoms with Crippen molar-refractivity contribution in [1.82, 2.24) is 10.6 Å². The van der Waals surface area contributed by atoms with Gasteiger partial charge in [0.2, 0.25) is 0 Å². The Kier molecular flexibility index (Phi) is 5.56. The van der Waals surface area contributed by atoms with Gasteiger partial charge < -0.3 is 24.7 Å². The van der Waals surface area contributed by atoms with Crippen LogP contribution in [0.5, 0.6) is 0 Å². The minimum Gasteiger partial charge on any atom is -0.445 e. The van der Waals surface area contributed by atoms with Gasteiger partial charge in [0.25, 0.3) is 0 Å². The van der Waals surface area contributed by atoms with Gasteiger partial charge in [-0.25, -0.2) is 4.79 Å². The topological polar surface area (TPSA) is 68.8 Å². The number of benzene rings is 1. The van der Waals surface area contributed by atoms with Crippen molar-refractivity contribution in [3.63, 3.8) is 0 Å². The lowest BCUT2D eigenvalue weighted by Gasteiger charge is -2.64. The van der Waals surface area contributed by atoms with Gasteiger partial charge in [0, 0.05) is 6.54 Å². The van der Waals surface area contributed by atoms with Crippen LogP contribution in [-0.2, 0) is 20.5 Å². The second-order valence-electron chi connectivity index (χ2n) is 10.7. The molecule has 6 atom stereocenters. The molecule has 3 aliphatic carbocycles. The molecule has 2 heterocycles. The van der Waals surface area contributed by atoms with E-state index in [9.17, 15) is 4.79 Å². The zero-order chi connectivity index (χ0) is 21.6. The van der Waals surface area contributed by atoms with E-state index in [0.717, 1.165) is 31.4 Å². The number of nitrogens with one attached hydrogen (secondary N) is 2. The van der Waals surface area contributed by atoms with Crippen LogP contribution in [0.25, 0.3) is 0 Å². The second kappa shape index (κ2) is 8.09. The van der Waals surface area contributed by atoms with E-state index >= 15 is 0 Å². The summed E-state index contributed by atoms with van der Waals surface area (Å²) in [5, 5.41) is 6.38. The third kappa shape index (κ3) is 3.89. The number of hydrogen-bond donors (Lipinski definition) is 2. The highest BCUT2D eigenvalue weighted by Crippen LogP contribution is 2.65. The first-order valence-corrected chi connectivity index (χ1v) is 11.9. The summed E-state index contributed by atoms with van der Waals surface area (Å²) in [6.07, 6.45) is 4.45. The van der Waals surface area contributed by atoms with Crippen molar-refractivity contribution in [1.29, 1.82) is 0 Å². The number of carbonyl (C=O) groups is 1. The molecule has 1 amide bonds. The normalized spacial score (nSPS) is 36.8. The zero-order valence-corrected chi connectivity index (χ0v) is 18.9. The molecule has 7 heteroatoms. The van der Waals surface area contributed by atoms with Crippen LogP contribution in [0.15, 0.2) is 30.3 Å². The van der Waals surface area contributed by atoms with Crippen LogP contribution < -0.4 is 10.6 Å². The molecule has 1 aromatic carbocycles. The molecule has 31 heavy (non-hydrogen) atoms. The lowest BCUT2D eigenvalue weighted by Crippen LogP contribution is -2.65. The third-order valence-corrected chi connectivity index (χ3v) is 8.42. The maximum atomic E-state index is 12.8. The zero-order valence-electron chi connectivity index (χ0n) is 18.9. The van der Waals surface area contributed by atoms with Crippen molar-refractivity contribution in [3.8, 4) is 0 Å². The van der Waals surface area contributed by atoms with Crippen LogP contribution in [0.3, 0.4) is 0 Å². The summed E-state index contributed by atoms with van der Waals surface area (Å²) in [5.74, 6) is 0.891. The summed E-state index contributed by atoms with van der Waals surface area (Å²) >= 11 is 0. The monoisotopic (exact) mass is 426 g/mol. The van der Waals surface area contributed by atoms with Crippen LogP contribution in [0.2, 0.25) is 0 Å². The lowest BCUT2D eigenvalue weighted by atomic mass is 9.43. The van der Waals surface area contributed by atoms with E-state index in [-0.39, 0.29) is 29.8 Å². The number of ether oxygens (including phenoxy) is 1. The Morgan fingerprint density at radius 2 is 2.10 bits per heavy atom. The number of alkyl carbamates (subject to hydrolysis) is 1. The summed E-state index contributed by atoms with van der Waals surface area (Å²) in [7, 11) is -0.470. The highest BCUT2D eigenvalue weighted by atomic mass is 16.7. The van der Waals surface area contributed by atoms with Crippen molar-refractivity contribution in [2.24, 2.45) is 17.3 Å². The first kappa shape index (κ1) is 21.3. The molecule has 0 unspecified atom stereocenters. The van der Waals surface area contributed by atoms with Gasteiger partial charge in [-0.1, -0.05) is 44.2 Å². The van der Waals surface area contributed by atoms with Crippen LogP contribution in [0, 0.1) is 17.3 Å². The molecule has 2 saturated heterocycles. The molecule has 5 fully saturated rings. The van der Waals surface area contributed by atoms with Gasteiger partial charge in [0.05, 0.1) is 17.6 Å². The Hall–Kier alpha value is -1.57. The van der Waals surface area contributed by atoms with Gasteiger partial charge in [-0.05, 0) is 68.4 Å². The predicted octanol–water partition coefficient (Wildman–Crippen LogP) is 3.34. The van der Waals surface area contributed by atoms with E-state index in [1.165, 1.54) is 6.42 Å². The molecule has 2 aliphatic heterocycles. The number of carbonyl (C=O) groups excluding carboxylic acids is 1. The highest BCUT2D eigenvalue weighted by Gasteiger charge is 2.68. The summed E-state index contributed by atoms with van der Waals surface area (Å²) < 4.78 is 18.8. The van der Waals surface area contributed by atoms with E-state index in [2.05, 4.69) is 43.5 Å². The Labute approximate surface area is 185 Å². The molecule has 0 aromatic heterocycles. The molecule has 0 radical (unpaired) electrons. The maximum Gasteiger partial charge on any atom is 0.482 e. The van der Waals surface area contributed by atoms with E-state index < -0.39 is 7.12 Å². The second-order valence-corrected chi connectivity index (χ2v) is 10.7. The van der Waals surface area contributed by atoms with E-state index in [0.29, 0.717) is 30.2 Å². The van der Waals surface area contributed by atoms with Gasteiger partial charge in [0.1, 0.15) is 6.10 Å². The molecule has 2 N–H and O–H groups in total. The summed E-state index contributed by atoms with van der Waals surface area (Å²) in [5.41, 5.74) is 1.14. The van der Waals surface area contributed by atoms with Crippen molar-refractivity contribution in [2.75, 3.05) is 13.1 Å². The highest BCUT2D eigenvalue weighted by molar-refractivity contribution is 6.47. The standard InChI is InChI=1S/C24H35BN2O4/c1-23(2)17-13-19(23)24(3)20(14-17)30-25(31-24)21(12-16-8-5-4-6-9-16)27-22(28)29-18-10-7-11-26-15-18/h4-6,8-9,17-21,26H,7,10-15H2,1-3H3,(H,27,28)/t17-,18+,19-,20+,21-,24-/m0/s1. The first-order chi connectivity index (χ1) is 14.9. The van der Waals surface area contributed by atoms with Crippen molar-refractivity contribution >= 4 is 13.2 Å². The van der Waals surface area contributed by atoms with Gasteiger partial charge >= 0.3 is 13.2 Å². The van der Waals surface area contributed by atoms with Gasteiger partial charge in [-0.3, -0.25) is 0 Å². The van der Waals surface area contributed by atoms with Gasteiger partial charge in [-0.15, -0.1) is 0 Å². The predicted molar refractivity (Wildman–Crippen MR) is 120 cm³/mol. The summed E-state index contributed by atoms with van der Waals surface area (Å²) in [6, 6.07) is 10.2. The molecular formula is C24H35BN2O4. The minimum absolute atomic E-state index is 0.0790. The van der Waals surface area contributed by atoms with Crippen LogP contribution in [0.1, 0.15) is 52.0 Å². The largest absolute Gasteiger partial charge is 0.482 e. The molecule has 1 aromatic rings. The average Bonchev–Trinajstić information content (AvgIpc) is 3.12. The van der Waals surface area contributed by atoms with Gasteiger partial charge in [0.15, 0.2) is 0 Å². The molecule has 5 aliphatic rings. The number of piperidine rings is 1. The van der Waals surface area contributed by atoms with E-state index in [1.54, 1.807) is 0 Å². The molecule has 2 bridgehead atoms. The minimum atomic E-state index is -0.470. The smallest absolute Gasteiger partial charge is 0.445 e. The molecule has 0 spiro atoms. The Balaban J connectivity index is 1.30. The SMILES string of the molecule is CC1(C)[C@@H]2C[C@H]3OB([C@H](Cc4ccccc4)NC(=O)O[C@@H]4CCCNC4)O[C@@]3(C)[C@H]1C2. The Morgan fingerprint density at radius 3 is 2.81 bits per heavy atom. The Morgan fingerprint density at radius 1 is 1.29 bits per heavy atom. The average molecular weight is 426 g/mol. The summed E-state index contributed by atoms with van der Waals surface area (Å²) in [4.78, 5) is 12.8. The maximum absolute atomic E-state index is 12.8. The number of amides is 1. The quantitative estimate of drug-likeness (QED) is 0.707. The third-order valence-electron chi connectivity index (χ3n) is 8.42. The fraction of sp³-hybridized carbons (Fsp3) is 0.708. The van der Waals surface area contributed by atoms with E-state index in [4.69, 9.17) is 14.0 Å². The van der Waals surface area contributed by atoms with Gasteiger partial charge in [-0.2, -0.15) is 0 Å². The van der Waals surface area contributed by atoms with Crippen LogP contribution in [0.4, 0.5) is 4.79 Å². The van der Waals surface area contributed by atoms with Crippen molar-refractivity contribution < 1.29 is 18.8 Å². The van der Waals surface area contributed by atoms with Crippen molar-refractivity contribution in [2.45, 2.75) is 76.6 Å². The number of hydrogen-bond acceptors (Lipinski definition) is 5. The molecule has 3 saturated carbocycles. The number of rotatable bonds is 5. The molecule has 6 rings (SSSR count). The molecular weight excluding hydrogens is 391 g/mol. The van der Waals surface area contributed by atoms with E-state index in [1.807, 2.05) is 18.2 Å². The van der Waals surface area contributed by atoms with Crippen LogP contribution >= 0.6 is 0 Å². The lowest BCUT2D eigenvalue weighted by molar-refractivity contribution is -0.199.